The van der Waals surface area contributed by atoms with Crippen molar-refractivity contribution in [1.29, 1.82) is 0 Å². The first-order chi connectivity index (χ1) is 9.66. The van der Waals surface area contributed by atoms with Gasteiger partial charge in [0.1, 0.15) is 6.61 Å². The average molecular weight is 273 g/mol. The van der Waals surface area contributed by atoms with Crippen LogP contribution in [0.5, 0.6) is 0 Å². The fraction of sp³-hybridized carbons (Fsp3) is 0.467. The number of aromatic nitrogens is 3. The number of carbonyl (C=O) groups excluding carboxylic acids is 1. The number of hydrogen-bond acceptors (Lipinski definition) is 3. The quantitative estimate of drug-likeness (QED) is 0.786. The molecule has 0 aliphatic heterocycles. The molecule has 1 fully saturated rings. The molecule has 106 valence electrons. The summed E-state index contributed by atoms with van der Waals surface area (Å²) in [6.07, 6.45) is 5.99. The molecule has 0 radical (unpaired) electrons. The summed E-state index contributed by atoms with van der Waals surface area (Å²) in [4.78, 5) is 12.1. The molecule has 0 amide bonds. The molecule has 5 heteroatoms. The summed E-state index contributed by atoms with van der Waals surface area (Å²) in [7, 11) is 0. The van der Waals surface area contributed by atoms with Crippen LogP contribution in [0, 0.1) is 13.8 Å². The molecule has 0 N–H and O–H groups in total. The lowest BCUT2D eigenvalue weighted by molar-refractivity contribution is 0.0486. The number of nitrogens with zero attached hydrogens (tertiary/aromatic N) is 3. The standard InChI is InChI=1S/C15H19N3O2/c1-11-10-14(12(2)18(11)13-4-5-13)15(19)20-9-8-17-7-3-6-16-17/h3,6-7,10,13H,4-5,8-9H2,1-2H3. The van der Waals surface area contributed by atoms with Gasteiger partial charge in [-0.15, -0.1) is 0 Å². The van der Waals surface area contributed by atoms with Crippen molar-refractivity contribution in [2.45, 2.75) is 39.3 Å². The lowest BCUT2D eigenvalue weighted by atomic mass is 10.2. The molecule has 1 aliphatic rings. The van der Waals surface area contributed by atoms with Crippen molar-refractivity contribution in [2.24, 2.45) is 0 Å². The second-order valence-electron chi connectivity index (χ2n) is 5.29. The van der Waals surface area contributed by atoms with Crippen LogP contribution >= 0.6 is 0 Å². The molecule has 2 heterocycles. The van der Waals surface area contributed by atoms with E-state index in [1.807, 2.05) is 32.2 Å². The van der Waals surface area contributed by atoms with Crippen molar-refractivity contribution >= 4 is 5.97 Å². The van der Waals surface area contributed by atoms with Gasteiger partial charge < -0.3 is 9.30 Å². The molecule has 0 atom stereocenters. The molecule has 0 aromatic carbocycles. The highest BCUT2D eigenvalue weighted by Crippen LogP contribution is 2.38. The fourth-order valence-corrected chi connectivity index (χ4v) is 2.62. The van der Waals surface area contributed by atoms with E-state index in [9.17, 15) is 4.79 Å². The molecule has 5 nitrogen and oxygen atoms in total. The monoisotopic (exact) mass is 273 g/mol. The summed E-state index contributed by atoms with van der Waals surface area (Å²) in [5.74, 6) is -0.239. The highest BCUT2D eigenvalue weighted by Gasteiger charge is 2.28. The molecule has 0 saturated heterocycles. The normalized spacial score (nSPS) is 14.5. The van der Waals surface area contributed by atoms with Gasteiger partial charge in [0.25, 0.3) is 0 Å². The molecule has 3 rings (SSSR count). The predicted octanol–water partition coefficient (Wildman–Crippen LogP) is 2.49. The number of rotatable bonds is 5. The van der Waals surface area contributed by atoms with Crippen LogP contribution in [-0.4, -0.2) is 26.9 Å². The minimum absolute atomic E-state index is 0.239. The fourth-order valence-electron chi connectivity index (χ4n) is 2.62. The number of ether oxygens (including phenoxy) is 1. The second-order valence-corrected chi connectivity index (χ2v) is 5.29. The van der Waals surface area contributed by atoms with Gasteiger partial charge in [-0.2, -0.15) is 5.10 Å². The Labute approximate surface area is 118 Å². The van der Waals surface area contributed by atoms with E-state index in [2.05, 4.69) is 9.67 Å². The Hall–Kier alpha value is -2.04. The molecule has 20 heavy (non-hydrogen) atoms. The van der Waals surface area contributed by atoms with Crippen LogP contribution in [0.2, 0.25) is 0 Å². The van der Waals surface area contributed by atoms with E-state index in [-0.39, 0.29) is 5.97 Å². The van der Waals surface area contributed by atoms with E-state index in [0.29, 0.717) is 24.8 Å². The maximum atomic E-state index is 12.1. The second kappa shape index (κ2) is 5.15. The van der Waals surface area contributed by atoms with Crippen molar-refractivity contribution in [3.05, 3.63) is 41.5 Å². The number of aryl methyl sites for hydroxylation is 1. The van der Waals surface area contributed by atoms with Crippen LogP contribution in [0.15, 0.2) is 24.5 Å². The van der Waals surface area contributed by atoms with E-state index in [1.165, 1.54) is 12.8 Å². The Balaban J connectivity index is 1.63. The summed E-state index contributed by atoms with van der Waals surface area (Å²) in [6.45, 7) is 4.97. The molecule has 1 aliphatic carbocycles. The minimum Gasteiger partial charge on any atom is -0.460 e. The van der Waals surface area contributed by atoms with Gasteiger partial charge in [-0.05, 0) is 38.8 Å². The largest absolute Gasteiger partial charge is 0.460 e. The van der Waals surface area contributed by atoms with E-state index in [0.717, 1.165) is 11.4 Å². The van der Waals surface area contributed by atoms with Gasteiger partial charge in [0.05, 0.1) is 12.1 Å². The van der Waals surface area contributed by atoms with Gasteiger partial charge in [0.15, 0.2) is 0 Å². The zero-order valence-electron chi connectivity index (χ0n) is 11.9. The first-order valence-electron chi connectivity index (χ1n) is 7.00. The van der Waals surface area contributed by atoms with Crippen molar-refractivity contribution in [2.75, 3.05) is 6.61 Å². The van der Waals surface area contributed by atoms with Crippen LogP contribution in [0.3, 0.4) is 0 Å². The van der Waals surface area contributed by atoms with Gasteiger partial charge >= 0.3 is 5.97 Å². The molecule has 0 unspecified atom stereocenters. The summed E-state index contributed by atoms with van der Waals surface area (Å²) in [5, 5.41) is 4.07. The van der Waals surface area contributed by atoms with Crippen molar-refractivity contribution in [3.63, 3.8) is 0 Å². The van der Waals surface area contributed by atoms with E-state index >= 15 is 0 Å². The van der Waals surface area contributed by atoms with Crippen molar-refractivity contribution < 1.29 is 9.53 Å². The molecular weight excluding hydrogens is 254 g/mol. The van der Waals surface area contributed by atoms with Gasteiger partial charge in [0.2, 0.25) is 0 Å². The summed E-state index contributed by atoms with van der Waals surface area (Å²) >= 11 is 0. The van der Waals surface area contributed by atoms with Crippen LogP contribution in [0.4, 0.5) is 0 Å². The molecule has 2 aromatic heterocycles. The Morgan fingerprint density at radius 3 is 2.90 bits per heavy atom. The third kappa shape index (κ3) is 2.48. The van der Waals surface area contributed by atoms with Crippen LogP contribution < -0.4 is 0 Å². The Kier molecular flexibility index (Phi) is 3.34. The molecule has 1 saturated carbocycles. The van der Waals surface area contributed by atoms with E-state index in [1.54, 1.807) is 10.9 Å². The highest BCUT2D eigenvalue weighted by atomic mass is 16.5. The SMILES string of the molecule is Cc1cc(C(=O)OCCn2cccn2)c(C)n1C1CC1. The van der Waals surface area contributed by atoms with Gasteiger partial charge in [-0.25, -0.2) is 4.79 Å². The molecule has 0 spiro atoms. The zero-order valence-corrected chi connectivity index (χ0v) is 11.9. The summed E-state index contributed by atoms with van der Waals surface area (Å²) in [6, 6.07) is 4.37. The minimum atomic E-state index is -0.239. The summed E-state index contributed by atoms with van der Waals surface area (Å²) < 4.78 is 9.34. The smallest absolute Gasteiger partial charge is 0.340 e. The lowest BCUT2D eigenvalue weighted by Crippen LogP contribution is -2.12. The topological polar surface area (TPSA) is 49.1 Å². The number of hydrogen-bond donors (Lipinski definition) is 0. The molecular formula is C15H19N3O2. The average Bonchev–Trinajstić information content (AvgIpc) is 3.01. The Bertz CT molecular complexity index is 609. The number of esters is 1. The lowest BCUT2D eigenvalue weighted by Gasteiger charge is -2.08. The van der Waals surface area contributed by atoms with Gasteiger partial charge in [-0.3, -0.25) is 4.68 Å². The van der Waals surface area contributed by atoms with Gasteiger partial charge in [-0.1, -0.05) is 0 Å². The van der Waals surface area contributed by atoms with Crippen LogP contribution in [0.1, 0.15) is 40.6 Å². The third-order valence-corrected chi connectivity index (χ3v) is 3.73. The molecule has 2 aromatic rings. The van der Waals surface area contributed by atoms with E-state index < -0.39 is 0 Å². The Morgan fingerprint density at radius 1 is 1.45 bits per heavy atom. The van der Waals surface area contributed by atoms with Crippen molar-refractivity contribution in [3.8, 4) is 0 Å². The van der Waals surface area contributed by atoms with Crippen molar-refractivity contribution in [1.82, 2.24) is 14.3 Å². The zero-order chi connectivity index (χ0) is 14.1. The maximum Gasteiger partial charge on any atom is 0.340 e. The molecule has 0 bridgehead atoms. The maximum absolute atomic E-state index is 12.1. The first kappa shape index (κ1) is 13.0. The summed E-state index contributed by atoms with van der Waals surface area (Å²) in [5.41, 5.74) is 2.85. The van der Waals surface area contributed by atoms with Gasteiger partial charge in [0, 0.05) is 29.8 Å². The first-order valence-corrected chi connectivity index (χ1v) is 7.00. The Morgan fingerprint density at radius 2 is 2.25 bits per heavy atom. The highest BCUT2D eigenvalue weighted by molar-refractivity contribution is 5.91. The van der Waals surface area contributed by atoms with E-state index in [4.69, 9.17) is 4.74 Å². The predicted molar refractivity (Wildman–Crippen MR) is 74.7 cm³/mol. The van der Waals surface area contributed by atoms with Crippen LogP contribution in [-0.2, 0) is 11.3 Å². The third-order valence-electron chi connectivity index (χ3n) is 3.73. The van der Waals surface area contributed by atoms with Crippen LogP contribution in [0.25, 0.3) is 0 Å². The number of carbonyl (C=O) groups is 1.